The number of aliphatic hydroxyl groups is 1. The zero-order valence-electron chi connectivity index (χ0n) is 7.39. The molecule has 11 heavy (non-hydrogen) atoms. The molecule has 0 fully saturated rings. The highest BCUT2D eigenvalue weighted by Crippen LogP contribution is 2.24. The Balaban J connectivity index is 3.80. The second kappa shape index (κ2) is 4.34. The van der Waals surface area contributed by atoms with Crippen LogP contribution in [0.25, 0.3) is 0 Å². The Morgan fingerprint density at radius 2 is 2.09 bits per heavy atom. The zero-order valence-corrected chi connectivity index (χ0v) is 7.39. The van der Waals surface area contributed by atoms with E-state index < -0.39 is 0 Å². The Morgan fingerprint density at radius 1 is 1.55 bits per heavy atom. The Kier molecular flexibility index (Phi) is 4.11. The second-order valence-electron chi connectivity index (χ2n) is 3.39. The van der Waals surface area contributed by atoms with E-state index in [2.05, 4.69) is 4.74 Å². The summed E-state index contributed by atoms with van der Waals surface area (Å²) < 4.78 is 4.51. The lowest BCUT2D eigenvalue weighted by Crippen LogP contribution is -2.19. The third-order valence-corrected chi connectivity index (χ3v) is 1.64. The smallest absolute Gasteiger partial charge is 0.306 e. The molecule has 0 aromatic heterocycles. The maximum atomic E-state index is 10.8. The van der Waals surface area contributed by atoms with Gasteiger partial charge in [-0.3, -0.25) is 4.79 Å². The van der Waals surface area contributed by atoms with Gasteiger partial charge in [0, 0.05) is 6.61 Å². The van der Waals surface area contributed by atoms with Crippen LogP contribution in [0.15, 0.2) is 0 Å². The molecule has 1 N–H and O–H groups in total. The van der Waals surface area contributed by atoms with Crippen molar-refractivity contribution < 1.29 is 14.6 Å². The molecule has 0 rings (SSSR count). The van der Waals surface area contributed by atoms with Crippen molar-refractivity contribution in [3.8, 4) is 0 Å². The molecule has 0 aliphatic rings. The lowest BCUT2D eigenvalue weighted by molar-refractivity contribution is -0.143. The summed E-state index contributed by atoms with van der Waals surface area (Å²) in [4.78, 5) is 10.8. The fourth-order valence-corrected chi connectivity index (χ4v) is 0.854. The van der Waals surface area contributed by atoms with Crippen LogP contribution in [0.4, 0.5) is 0 Å². The fourth-order valence-electron chi connectivity index (χ4n) is 0.854. The first-order chi connectivity index (χ1) is 5.02. The highest BCUT2D eigenvalue weighted by atomic mass is 16.5. The van der Waals surface area contributed by atoms with Crippen molar-refractivity contribution in [2.75, 3.05) is 13.7 Å². The van der Waals surface area contributed by atoms with E-state index in [1.807, 2.05) is 13.8 Å². The molecule has 0 heterocycles. The van der Waals surface area contributed by atoms with E-state index >= 15 is 0 Å². The average molecular weight is 160 g/mol. The van der Waals surface area contributed by atoms with Gasteiger partial charge in [-0.1, -0.05) is 13.8 Å². The van der Waals surface area contributed by atoms with Crippen molar-refractivity contribution in [1.82, 2.24) is 0 Å². The third-order valence-electron chi connectivity index (χ3n) is 1.64. The first kappa shape index (κ1) is 10.4. The molecule has 0 aromatic rings. The second-order valence-corrected chi connectivity index (χ2v) is 3.39. The van der Waals surface area contributed by atoms with E-state index in [0.29, 0.717) is 12.8 Å². The largest absolute Gasteiger partial charge is 0.469 e. The van der Waals surface area contributed by atoms with Gasteiger partial charge in [0.05, 0.1) is 13.5 Å². The Morgan fingerprint density at radius 3 is 2.45 bits per heavy atom. The Labute approximate surface area is 67.4 Å². The molecule has 0 bridgehead atoms. The van der Waals surface area contributed by atoms with Gasteiger partial charge in [-0.05, 0) is 11.8 Å². The van der Waals surface area contributed by atoms with Gasteiger partial charge in [-0.25, -0.2) is 0 Å². The highest BCUT2D eigenvalue weighted by molar-refractivity contribution is 5.69. The molecule has 0 amide bonds. The molecular weight excluding hydrogens is 144 g/mol. The van der Waals surface area contributed by atoms with Gasteiger partial charge in [0.15, 0.2) is 0 Å². The first-order valence-electron chi connectivity index (χ1n) is 3.69. The molecule has 0 atom stereocenters. The predicted molar refractivity (Wildman–Crippen MR) is 42.1 cm³/mol. The van der Waals surface area contributed by atoms with Crippen LogP contribution in [-0.2, 0) is 9.53 Å². The van der Waals surface area contributed by atoms with E-state index in [4.69, 9.17) is 5.11 Å². The van der Waals surface area contributed by atoms with Gasteiger partial charge >= 0.3 is 5.97 Å². The molecule has 3 heteroatoms. The summed E-state index contributed by atoms with van der Waals surface area (Å²) in [5.41, 5.74) is -0.151. The predicted octanol–water partition coefficient (Wildman–Crippen LogP) is 0.958. The fraction of sp³-hybridized carbons (Fsp3) is 0.875. The van der Waals surface area contributed by atoms with E-state index in [9.17, 15) is 4.79 Å². The molecule has 0 aromatic carbocycles. The van der Waals surface area contributed by atoms with Gasteiger partial charge in [0.1, 0.15) is 0 Å². The lowest BCUT2D eigenvalue weighted by atomic mass is 9.86. The number of hydrogen-bond acceptors (Lipinski definition) is 3. The number of rotatable bonds is 4. The average Bonchev–Trinajstić information content (AvgIpc) is 1.86. The van der Waals surface area contributed by atoms with Crippen LogP contribution in [0.3, 0.4) is 0 Å². The summed E-state index contributed by atoms with van der Waals surface area (Å²) in [6, 6.07) is 0. The maximum Gasteiger partial charge on any atom is 0.306 e. The van der Waals surface area contributed by atoms with E-state index in [1.165, 1.54) is 7.11 Å². The number of methoxy groups -OCH3 is 1. The summed E-state index contributed by atoms with van der Waals surface area (Å²) in [5.74, 6) is -0.219. The van der Waals surface area contributed by atoms with E-state index in [-0.39, 0.29) is 18.0 Å². The molecule has 0 unspecified atom stereocenters. The van der Waals surface area contributed by atoms with Crippen LogP contribution in [-0.4, -0.2) is 24.8 Å². The molecule has 0 radical (unpaired) electrons. The minimum atomic E-state index is -0.219. The topological polar surface area (TPSA) is 46.5 Å². The number of hydrogen-bond donors (Lipinski definition) is 1. The van der Waals surface area contributed by atoms with Crippen LogP contribution in [0.2, 0.25) is 0 Å². The lowest BCUT2D eigenvalue weighted by Gasteiger charge is -2.21. The summed E-state index contributed by atoms with van der Waals surface area (Å²) >= 11 is 0. The number of ether oxygens (including phenoxy) is 1. The molecule has 0 aliphatic heterocycles. The monoisotopic (exact) mass is 160 g/mol. The van der Waals surface area contributed by atoms with Gasteiger partial charge in [-0.15, -0.1) is 0 Å². The first-order valence-corrected chi connectivity index (χ1v) is 3.69. The van der Waals surface area contributed by atoms with Gasteiger partial charge in [0.2, 0.25) is 0 Å². The maximum absolute atomic E-state index is 10.8. The van der Waals surface area contributed by atoms with Crippen molar-refractivity contribution in [3.05, 3.63) is 0 Å². The Bertz CT molecular complexity index is 129. The molecule has 0 spiro atoms. The summed E-state index contributed by atoms with van der Waals surface area (Å²) in [5, 5.41) is 8.64. The van der Waals surface area contributed by atoms with Gasteiger partial charge in [-0.2, -0.15) is 0 Å². The number of carbonyl (C=O) groups excluding carboxylic acids is 1. The van der Waals surface area contributed by atoms with Crippen LogP contribution >= 0.6 is 0 Å². The quantitative estimate of drug-likeness (QED) is 0.623. The van der Waals surface area contributed by atoms with E-state index in [1.54, 1.807) is 0 Å². The number of aliphatic hydroxyl groups excluding tert-OH is 1. The van der Waals surface area contributed by atoms with Gasteiger partial charge < -0.3 is 9.84 Å². The normalized spacial score (nSPS) is 11.3. The minimum Gasteiger partial charge on any atom is -0.469 e. The third kappa shape index (κ3) is 4.79. The number of carbonyl (C=O) groups is 1. The molecule has 0 aliphatic carbocycles. The summed E-state index contributed by atoms with van der Waals surface area (Å²) in [6.45, 7) is 3.98. The van der Waals surface area contributed by atoms with Crippen molar-refractivity contribution >= 4 is 5.97 Å². The molecule has 3 nitrogen and oxygen atoms in total. The van der Waals surface area contributed by atoms with Crippen LogP contribution in [0.5, 0.6) is 0 Å². The molecule has 66 valence electrons. The Hall–Kier alpha value is -0.570. The summed E-state index contributed by atoms with van der Waals surface area (Å²) in [6.07, 6.45) is 0.992. The van der Waals surface area contributed by atoms with Gasteiger partial charge in [0.25, 0.3) is 0 Å². The summed E-state index contributed by atoms with van der Waals surface area (Å²) in [7, 11) is 1.37. The molecular formula is C8H16O3. The van der Waals surface area contributed by atoms with Crippen LogP contribution < -0.4 is 0 Å². The highest BCUT2D eigenvalue weighted by Gasteiger charge is 2.21. The van der Waals surface area contributed by atoms with Crippen LogP contribution in [0.1, 0.15) is 26.7 Å². The van der Waals surface area contributed by atoms with Crippen molar-refractivity contribution in [1.29, 1.82) is 0 Å². The SMILES string of the molecule is COC(=O)CC(C)(C)CCO. The van der Waals surface area contributed by atoms with Crippen molar-refractivity contribution in [2.24, 2.45) is 5.41 Å². The number of esters is 1. The molecule has 0 saturated carbocycles. The minimum absolute atomic E-state index is 0.115. The van der Waals surface area contributed by atoms with Crippen molar-refractivity contribution in [3.63, 3.8) is 0 Å². The van der Waals surface area contributed by atoms with E-state index in [0.717, 1.165) is 0 Å². The van der Waals surface area contributed by atoms with Crippen molar-refractivity contribution in [2.45, 2.75) is 26.7 Å². The molecule has 0 saturated heterocycles. The zero-order chi connectivity index (χ0) is 8.91. The standard InChI is InChI=1S/C8H16O3/c1-8(2,4-5-9)6-7(10)11-3/h9H,4-6H2,1-3H3. The van der Waals surface area contributed by atoms with Crippen LogP contribution in [0, 0.1) is 5.41 Å².